The lowest BCUT2D eigenvalue weighted by molar-refractivity contribution is 0.208. The van der Waals surface area contributed by atoms with Crippen LogP contribution in [0, 0.1) is 11.8 Å². The van der Waals surface area contributed by atoms with Crippen LogP contribution in [0.4, 0.5) is 0 Å². The van der Waals surface area contributed by atoms with Crippen molar-refractivity contribution in [1.82, 2.24) is 0 Å². The Morgan fingerprint density at radius 1 is 1.00 bits per heavy atom. The van der Waals surface area contributed by atoms with E-state index >= 15 is 0 Å². The lowest BCUT2D eigenvalue weighted by Crippen LogP contribution is -2.50. The van der Waals surface area contributed by atoms with Crippen LogP contribution in [0.2, 0.25) is 0 Å². The van der Waals surface area contributed by atoms with Crippen molar-refractivity contribution in [3.63, 3.8) is 0 Å². The summed E-state index contributed by atoms with van der Waals surface area (Å²) in [5, 5.41) is 0. The highest BCUT2D eigenvalue weighted by Gasteiger charge is 2.31. The van der Waals surface area contributed by atoms with Gasteiger partial charge in [-0.3, -0.25) is 0 Å². The quantitative estimate of drug-likeness (QED) is 0.804. The Kier molecular flexibility index (Phi) is 4.55. The molecule has 1 heteroatoms. The molecule has 2 N–H and O–H groups in total. The van der Waals surface area contributed by atoms with Crippen LogP contribution >= 0.6 is 0 Å². The summed E-state index contributed by atoms with van der Waals surface area (Å²) < 4.78 is 0. The molecule has 0 fully saturated rings. The molecule has 90 valence electrons. The summed E-state index contributed by atoms with van der Waals surface area (Å²) in [5.74, 6) is 1.05. The first kappa shape index (κ1) is 13.2. The van der Waals surface area contributed by atoms with E-state index in [0.29, 0.717) is 11.8 Å². The molecule has 0 aromatic heterocycles. The van der Waals surface area contributed by atoms with E-state index in [-0.39, 0.29) is 5.54 Å². The van der Waals surface area contributed by atoms with E-state index in [2.05, 4.69) is 58.0 Å². The number of hydrogen-bond acceptors (Lipinski definition) is 1. The predicted octanol–water partition coefficient (Wildman–Crippen LogP) is 3.63. The second kappa shape index (κ2) is 5.49. The molecule has 1 nitrogen and oxygen atoms in total. The fourth-order valence-electron chi connectivity index (χ4n) is 2.25. The first-order valence-corrected chi connectivity index (χ1v) is 6.29. The zero-order chi connectivity index (χ0) is 12.2. The van der Waals surface area contributed by atoms with Crippen molar-refractivity contribution >= 4 is 0 Å². The second-order valence-corrected chi connectivity index (χ2v) is 5.41. The van der Waals surface area contributed by atoms with E-state index in [0.717, 1.165) is 12.8 Å². The van der Waals surface area contributed by atoms with Crippen LogP contribution in [-0.4, -0.2) is 5.54 Å². The van der Waals surface area contributed by atoms with Gasteiger partial charge in [0.25, 0.3) is 0 Å². The topological polar surface area (TPSA) is 26.0 Å². The molecule has 16 heavy (non-hydrogen) atoms. The molecule has 0 saturated heterocycles. The van der Waals surface area contributed by atoms with Crippen molar-refractivity contribution < 1.29 is 0 Å². The molecule has 0 aliphatic rings. The van der Waals surface area contributed by atoms with Crippen LogP contribution in [0.3, 0.4) is 0 Å². The van der Waals surface area contributed by atoms with Crippen LogP contribution in [-0.2, 0) is 6.42 Å². The molecule has 0 aliphatic carbocycles. The lowest BCUT2D eigenvalue weighted by Gasteiger charge is -2.38. The van der Waals surface area contributed by atoms with Gasteiger partial charge in [0.1, 0.15) is 0 Å². The number of nitrogens with two attached hydrogens (primary N) is 1. The highest BCUT2D eigenvalue weighted by Crippen LogP contribution is 2.28. The number of benzene rings is 1. The third-order valence-electron chi connectivity index (χ3n) is 3.84. The number of aryl methyl sites for hydroxylation is 1. The Hall–Kier alpha value is -0.820. The molecule has 1 rings (SSSR count). The monoisotopic (exact) mass is 219 g/mol. The highest BCUT2D eigenvalue weighted by molar-refractivity contribution is 5.15. The molecule has 0 saturated carbocycles. The van der Waals surface area contributed by atoms with Crippen molar-refractivity contribution in [2.45, 2.75) is 46.1 Å². The van der Waals surface area contributed by atoms with Gasteiger partial charge in [-0.05, 0) is 30.2 Å². The standard InChI is InChI=1S/C15H25N/c1-12(2)15(16,13(3)4)11-10-14-8-6-5-7-9-14/h5-9,12-13H,10-11,16H2,1-4H3. The minimum Gasteiger partial charge on any atom is -0.325 e. The van der Waals surface area contributed by atoms with E-state index in [1.54, 1.807) is 0 Å². The summed E-state index contributed by atoms with van der Waals surface area (Å²) in [6.07, 6.45) is 2.14. The Morgan fingerprint density at radius 2 is 1.50 bits per heavy atom. The van der Waals surface area contributed by atoms with Gasteiger partial charge in [0.2, 0.25) is 0 Å². The molecule has 1 aromatic rings. The van der Waals surface area contributed by atoms with Gasteiger partial charge in [0.15, 0.2) is 0 Å². The summed E-state index contributed by atoms with van der Waals surface area (Å²) in [6, 6.07) is 10.6. The Balaban J connectivity index is 2.65. The summed E-state index contributed by atoms with van der Waals surface area (Å²) >= 11 is 0. The maximum Gasteiger partial charge on any atom is 0.0204 e. The summed E-state index contributed by atoms with van der Waals surface area (Å²) in [4.78, 5) is 0. The third kappa shape index (κ3) is 3.08. The van der Waals surface area contributed by atoms with E-state index in [4.69, 9.17) is 5.73 Å². The second-order valence-electron chi connectivity index (χ2n) is 5.41. The summed E-state index contributed by atoms with van der Waals surface area (Å²) in [5.41, 5.74) is 7.87. The largest absolute Gasteiger partial charge is 0.325 e. The van der Waals surface area contributed by atoms with E-state index in [1.807, 2.05) is 0 Å². The van der Waals surface area contributed by atoms with Gasteiger partial charge in [-0.15, -0.1) is 0 Å². The van der Waals surface area contributed by atoms with E-state index in [9.17, 15) is 0 Å². The molecule has 1 aromatic carbocycles. The average molecular weight is 219 g/mol. The third-order valence-corrected chi connectivity index (χ3v) is 3.84. The fourth-order valence-corrected chi connectivity index (χ4v) is 2.25. The number of hydrogen-bond donors (Lipinski definition) is 1. The van der Waals surface area contributed by atoms with Gasteiger partial charge < -0.3 is 5.73 Å². The van der Waals surface area contributed by atoms with Crippen molar-refractivity contribution in [3.8, 4) is 0 Å². The molecule has 0 radical (unpaired) electrons. The van der Waals surface area contributed by atoms with Gasteiger partial charge in [-0.25, -0.2) is 0 Å². The normalized spacial score (nSPS) is 12.4. The van der Waals surface area contributed by atoms with Gasteiger partial charge in [0, 0.05) is 5.54 Å². The maximum atomic E-state index is 6.53. The first-order chi connectivity index (χ1) is 7.47. The van der Waals surface area contributed by atoms with Crippen LogP contribution in [0.15, 0.2) is 30.3 Å². The van der Waals surface area contributed by atoms with Crippen LogP contribution in [0.5, 0.6) is 0 Å². The van der Waals surface area contributed by atoms with Crippen LogP contribution < -0.4 is 5.73 Å². The van der Waals surface area contributed by atoms with Crippen molar-refractivity contribution in [2.75, 3.05) is 0 Å². The molecular formula is C15H25N. The predicted molar refractivity (Wildman–Crippen MR) is 71.4 cm³/mol. The minimum atomic E-state index is -0.0458. The van der Waals surface area contributed by atoms with Gasteiger partial charge in [-0.1, -0.05) is 58.0 Å². The lowest BCUT2D eigenvalue weighted by atomic mass is 9.74. The molecule has 0 unspecified atom stereocenters. The van der Waals surface area contributed by atoms with Crippen molar-refractivity contribution in [1.29, 1.82) is 0 Å². The van der Waals surface area contributed by atoms with Gasteiger partial charge in [-0.2, -0.15) is 0 Å². The fraction of sp³-hybridized carbons (Fsp3) is 0.600. The zero-order valence-corrected chi connectivity index (χ0v) is 11.0. The molecule has 0 bridgehead atoms. The van der Waals surface area contributed by atoms with Crippen LogP contribution in [0.1, 0.15) is 39.7 Å². The summed E-state index contributed by atoms with van der Waals surface area (Å²) in [6.45, 7) is 8.91. The average Bonchev–Trinajstić information content (AvgIpc) is 2.26. The van der Waals surface area contributed by atoms with Gasteiger partial charge in [0.05, 0.1) is 0 Å². The zero-order valence-electron chi connectivity index (χ0n) is 11.0. The smallest absolute Gasteiger partial charge is 0.0204 e. The molecular weight excluding hydrogens is 194 g/mol. The van der Waals surface area contributed by atoms with Crippen LogP contribution in [0.25, 0.3) is 0 Å². The minimum absolute atomic E-state index is 0.0458. The Morgan fingerprint density at radius 3 is 1.94 bits per heavy atom. The van der Waals surface area contributed by atoms with Gasteiger partial charge >= 0.3 is 0 Å². The maximum absolute atomic E-state index is 6.53. The first-order valence-electron chi connectivity index (χ1n) is 6.29. The molecule has 0 atom stereocenters. The Labute approximate surface area is 100 Å². The summed E-state index contributed by atoms with van der Waals surface area (Å²) in [7, 11) is 0. The van der Waals surface area contributed by atoms with Crippen molar-refractivity contribution in [3.05, 3.63) is 35.9 Å². The molecule has 0 heterocycles. The van der Waals surface area contributed by atoms with Crippen molar-refractivity contribution in [2.24, 2.45) is 17.6 Å². The molecule has 0 aliphatic heterocycles. The highest BCUT2D eigenvalue weighted by atomic mass is 14.8. The van der Waals surface area contributed by atoms with E-state index < -0.39 is 0 Å². The van der Waals surface area contributed by atoms with E-state index in [1.165, 1.54) is 5.56 Å². The molecule has 0 spiro atoms. The SMILES string of the molecule is CC(C)C(N)(CCc1ccccc1)C(C)C. The Bertz CT molecular complexity index is 292. The molecule has 0 amide bonds. The number of rotatable bonds is 5.